The van der Waals surface area contributed by atoms with Crippen molar-refractivity contribution in [2.24, 2.45) is 16.5 Å². The van der Waals surface area contributed by atoms with Crippen LogP contribution in [0.3, 0.4) is 0 Å². The molecule has 0 aromatic rings. The summed E-state index contributed by atoms with van der Waals surface area (Å²) in [6.07, 6.45) is 2.59. The Morgan fingerprint density at radius 1 is 1.26 bits per heavy atom. The Balaban J connectivity index is 2.39. The standard InChI is InChI=1S/C13H19N5O5/c14-13(15)16-6-1-2-8(12(22)23)17-9(19)5-7-18-10(20)3-4-11(18)21/h3-4,8H,1-2,5-7H2,(H,17,19)(H,22,23)(H4,14,15,16). The number of nitrogens with two attached hydrogens (primary N) is 2. The Hall–Kier alpha value is -2.91. The smallest absolute Gasteiger partial charge is 0.326 e. The van der Waals surface area contributed by atoms with Crippen LogP contribution in [0.2, 0.25) is 0 Å². The molecule has 1 aliphatic heterocycles. The van der Waals surface area contributed by atoms with E-state index in [1.54, 1.807) is 0 Å². The van der Waals surface area contributed by atoms with Crippen molar-refractivity contribution >= 4 is 29.7 Å². The molecule has 6 N–H and O–H groups in total. The third-order valence-corrected chi connectivity index (χ3v) is 3.04. The summed E-state index contributed by atoms with van der Waals surface area (Å²) >= 11 is 0. The van der Waals surface area contributed by atoms with E-state index in [2.05, 4.69) is 10.3 Å². The van der Waals surface area contributed by atoms with E-state index in [0.717, 1.165) is 17.1 Å². The van der Waals surface area contributed by atoms with Gasteiger partial charge in [0.2, 0.25) is 5.91 Å². The summed E-state index contributed by atoms with van der Waals surface area (Å²) < 4.78 is 0. The molecule has 1 unspecified atom stereocenters. The molecule has 3 amide bonds. The molecule has 0 aromatic carbocycles. The van der Waals surface area contributed by atoms with Gasteiger partial charge >= 0.3 is 5.97 Å². The lowest BCUT2D eigenvalue weighted by Crippen LogP contribution is -2.42. The van der Waals surface area contributed by atoms with Crippen molar-refractivity contribution in [1.29, 1.82) is 0 Å². The number of nitrogens with zero attached hydrogens (tertiary/aromatic N) is 2. The second kappa shape index (κ2) is 8.51. The summed E-state index contributed by atoms with van der Waals surface area (Å²) in [7, 11) is 0. The summed E-state index contributed by atoms with van der Waals surface area (Å²) in [5, 5.41) is 11.4. The van der Waals surface area contributed by atoms with Crippen LogP contribution >= 0.6 is 0 Å². The van der Waals surface area contributed by atoms with Gasteiger partial charge in [-0.05, 0) is 12.8 Å². The van der Waals surface area contributed by atoms with Crippen LogP contribution in [0, 0.1) is 0 Å². The van der Waals surface area contributed by atoms with Gasteiger partial charge in [0.25, 0.3) is 11.8 Å². The zero-order valence-corrected chi connectivity index (χ0v) is 12.4. The van der Waals surface area contributed by atoms with E-state index < -0.39 is 29.7 Å². The number of carbonyl (C=O) groups excluding carboxylic acids is 3. The SMILES string of the molecule is NC(N)=NCCCC(NC(=O)CCN1C(=O)C=CC1=O)C(=O)O. The highest BCUT2D eigenvalue weighted by molar-refractivity contribution is 6.13. The van der Waals surface area contributed by atoms with Gasteiger partial charge in [-0.2, -0.15) is 0 Å². The summed E-state index contributed by atoms with van der Waals surface area (Å²) in [6, 6.07) is -1.08. The second-order valence-corrected chi connectivity index (χ2v) is 4.82. The number of hydrogen-bond donors (Lipinski definition) is 4. The van der Waals surface area contributed by atoms with Gasteiger partial charge in [0.15, 0.2) is 5.96 Å². The van der Waals surface area contributed by atoms with E-state index in [0.29, 0.717) is 6.42 Å². The molecule has 0 spiro atoms. The molecule has 1 aliphatic rings. The summed E-state index contributed by atoms with van der Waals surface area (Å²) in [6.45, 7) is 0.154. The quantitative estimate of drug-likeness (QED) is 0.163. The fraction of sp³-hybridized carbons (Fsp3) is 0.462. The zero-order chi connectivity index (χ0) is 17.4. The van der Waals surface area contributed by atoms with Crippen LogP contribution in [0.25, 0.3) is 0 Å². The number of amides is 3. The third kappa shape index (κ3) is 6.16. The van der Waals surface area contributed by atoms with Crippen molar-refractivity contribution in [3.8, 4) is 0 Å². The van der Waals surface area contributed by atoms with Crippen molar-refractivity contribution in [3.63, 3.8) is 0 Å². The minimum Gasteiger partial charge on any atom is -0.480 e. The lowest BCUT2D eigenvalue weighted by atomic mass is 10.1. The van der Waals surface area contributed by atoms with Crippen LogP contribution in [0.1, 0.15) is 19.3 Å². The maximum atomic E-state index is 11.8. The monoisotopic (exact) mass is 325 g/mol. The van der Waals surface area contributed by atoms with Gasteiger partial charge in [-0.3, -0.25) is 24.3 Å². The Bertz CT molecular complexity index is 535. The molecule has 1 heterocycles. The minimum absolute atomic E-state index is 0.0885. The van der Waals surface area contributed by atoms with E-state index in [4.69, 9.17) is 16.6 Å². The van der Waals surface area contributed by atoms with E-state index in [1.807, 2.05) is 0 Å². The second-order valence-electron chi connectivity index (χ2n) is 4.82. The van der Waals surface area contributed by atoms with Crippen molar-refractivity contribution in [2.45, 2.75) is 25.3 Å². The van der Waals surface area contributed by atoms with E-state index in [9.17, 15) is 19.2 Å². The molecule has 0 saturated carbocycles. The van der Waals surface area contributed by atoms with Gasteiger partial charge in [-0.1, -0.05) is 0 Å². The van der Waals surface area contributed by atoms with E-state index in [-0.39, 0.29) is 31.9 Å². The molecule has 0 fully saturated rings. The molecule has 23 heavy (non-hydrogen) atoms. The van der Waals surface area contributed by atoms with Crippen molar-refractivity contribution in [2.75, 3.05) is 13.1 Å². The molecule has 0 saturated heterocycles. The Morgan fingerprint density at radius 3 is 2.39 bits per heavy atom. The zero-order valence-electron chi connectivity index (χ0n) is 12.4. The van der Waals surface area contributed by atoms with Crippen molar-refractivity contribution in [3.05, 3.63) is 12.2 Å². The molecule has 0 aromatic heterocycles. The summed E-state index contributed by atoms with van der Waals surface area (Å²) in [5.41, 5.74) is 10.3. The first-order valence-corrected chi connectivity index (χ1v) is 6.92. The largest absolute Gasteiger partial charge is 0.480 e. The number of rotatable bonds is 9. The van der Waals surface area contributed by atoms with Crippen LogP contribution in [-0.4, -0.2) is 58.8 Å². The Kier molecular flexibility index (Phi) is 6.71. The topological polar surface area (TPSA) is 168 Å². The lowest BCUT2D eigenvalue weighted by molar-refractivity contribution is -0.143. The van der Waals surface area contributed by atoms with Crippen LogP contribution in [0.15, 0.2) is 17.1 Å². The fourth-order valence-corrected chi connectivity index (χ4v) is 1.89. The molecule has 1 rings (SSSR count). The number of aliphatic imine (C=N–C) groups is 1. The lowest BCUT2D eigenvalue weighted by Gasteiger charge is -2.16. The third-order valence-electron chi connectivity index (χ3n) is 3.04. The number of hydrogen-bond acceptors (Lipinski definition) is 5. The first-order valence-electron chi connectivity index (χ1n) is 6.92. The van der Waals surface area contributed by atoms with Gasteiger partial charge in [0.1, 0.15) is 6.04 Å². The number of aliphatic carboxylic acids is 1. The van der Waals surface area contributed by atoms with Crippen LogP contribution in [0.4, 0.5) is 0 Å². The fourth-order valence-electron chi connectivity index (χ4n) is 1.89. The predicted octanol–water partition coefficient (Wildman–Crippen LogP) is -2.08. The number of imide groups is 1. The number of carboxylic acid groups (broad SMARTS) is 1. The van der Waals surface area contributed by atoms with Crippen LogP contribution in [0.5, 0.6) is 0 Å². The minimum atomic E-state index is -1.18. The van der Waals surface area contributed by atoms with Gasteiger partial charge < -0.3 is 21.9 Å². The number of nitrogens with one attached hydrogen (secondary N) is 1. The Morgan fingerprint density at radius 2 is 1.87 bits per heavy atom. The molecule has 0 aliphatic carbocycles. The van der Waals surface area contributed by atoms with Gasteiger partial charge in [0.05, 0.1) is 0 Å². The predicted molar refractivity (Wildman–Crippen MR) is 80.0 cm³/mol. The van der Waals surface area contributed by atoms with Crippen molar-refractivity contribution in [1.82, 2.24) is 10.2 Å². The number of carbonyl (C=O) groups is 4. The van der Waals surface area contributed by atoms with Crippen LogP contribution < -0.4 is 16.8 Å². The molecular formula is C13H19N5O5. The highest BCUT2D eigenvalue weighted by atomic mass is 16.4. The molecule has 0 bridgehead atoms. The number of carboxylic acids is 1. The van der Waals surface area contributed by atoms with E-state index >= 15 is 0 Å². The van der Waals surface area contributed by atoms with Crippen LogP contribution in [-0.2, 0) is 19.2 Å². The normalized spacial score (nSPS) is 14.7. The van der Waals surface area contributed by atoms with E-state index in [1.165, 1.54) is 0 Å². The highest BCUT2D eigenvalue weighted by Gasteiger charge is 2.25. The molecule has 1 atom stereocenters. The first-order chi connectivity index (χ1) is 10.8. The van der Waals surface area contributed by atoms with Crippen molar-refractivity contribution < 1.29 is 24.3 Å². The maximum Gasteiger partial charge on any atom is 0.326 e. The first kappa shape index (κ1) is 18.1. The average Bonchev–Trinajstić information content (AvgIpc) is 2.78. The van der Waals surface area contributed by atoms with Gasteiger partial charge in [-0.25, -0.2) is 4.79 Å². The maximum absolute atomic E-state index is 11.8. The van der Waals surface area contributed by atoms with Gasteiger partial charge in [-0.15, -0.1) is 0 Å². The highest BCUT2D eigenvalue weighted by Crippen LogP contribution is 2.05. The molecule has 10 heteroatoms. The molecule has 126 valence electrons. The molecule has 10 nitrogen and oxygen atoms in total. The van der Waals surface area contributed by atoms with Gasteiger partial charge in [0, 0.05) is 31.7 Å². The average molecular weight is 325 g/mol. The Labute approximate surface area is 132 Å². The summed E-state index contributed by atoms with van der Waals surface area (Å²) in [4.78, 5) is 50.1. The molecular weight excluding hydrogens is 306 g/mol. The number of guanidine groups is 1. The summed E-state index contributed by atoms with van der Waals surface area (Å²) in [5.74, 6) is -2.82. The molecule has 0 radical (unpaired) electrons.